The van der Waals surface area contributed by atoms with Crippen molar-refractivity contribution in [3.63, 3.8) is 0 Å². The van der Waals surface area contributed by atoms with Crippen LogP contribution in [0.5, 0.6) is 17.2 Å². The van der Waals surface area contributed by atoms with Gasteiger partial charge in [-0.25, -0.2) is 0 Å². The number of rotatable bonds is 8. The number of carbonyl (C=O) groups excluding carboxylic acids is 1. The first-order chi connectivity index (χ1) is 18.0. The van der Waals surface area contributed by atoms with Crippen molar-refractivity contribution in [2.45, 2.75) is 32.4 Å². The molecule has 190 valence electrons. The Hall–Kier alpha value is -4.10. The van der Waals surface area contributed by atoms with Gasteiger partial charge in [-0.15, -0.1) is 0 Å². The highest BCUT2D eigenvalue weighted by Crippen LogP contribution is 2.27. The Morgan fingerprint density at radius 3 is 2.41 bits per heavy atom. The number of amides is 1. The van der Waals surface area contributed by atoms with Crippen LogP contribution in [-0.2, 0) is 11.3 Å². The maximum atomic E-state index is 13.0. The maximum Gasteiger partial charge on any atom is 0.258 e. The van der Waals surface area contributed by atoms with E-state index in [1.54, 1.807) is 37.3 Å². The Morgan fingerprint density at radius 2 is 1.68 bits per heavy atom. The minimum atomic E-state index is -0.259. The van der Waals surface area contributed by atoms with Crippen LogP contribution < -0.4 is 20.2 Å². The number of nitrogens with zero attached hydrogens (tertiary/aromatic N) is 1. The second kappa shape index (κ2) is 11.3. The van der Waals surface area contributed by atoms with Gasteiger partial charge in [0.05, 0.1) is 5.39 Å². The number of likely N-dealkylation sites (tertiary alicyclic amines) is 1. The molecule has 5 rings (SSSR count). The van der Waals surface area contributed by atoms with E-state index < -0.39 is 0 Å². The van der Waals surface area contributed by atoms with E-state index in [9.17, 15) is 9.59 Å². The number of ether oxygens (including phenoxy) is 2. The molecule has 1 aromatic heterocycles. The van der Waals surface area contributed by atoms with Crippen LogP contribution >= 0.6 is 0 Å². The Bertz CT molecular complexity index is 1410. The summed E-state index contributed by atoms with van der Waals surface area (Å²) >= 11 is 0. The molecule has 1 aliphatic heterocycles. The van der Waals surface area contributed by atoms with E-state index in [-0.39, 0.29) is 29.7 Å². The van der Waals surface area contributed by atoms with Crippen molar-refractivity contribution in [3.05, 3.63) is 100 Å². The molecule has 4 aromatic rings. The van der Waals surface area contributed by atoms with Crippen LogP contribution in [0.2, 0.25) is 0 Å². The molecule has 0 radical (unpaired) electrons. The Morgan fingerprint density at radius 1 is 0.973 bits per heavy atom. The molecule has 0 spiro atoms. The Kier molecular flexibility index (Phi) is 7.51. The number of nitrogens with one attached hydrogen (secondary N) is 1. The normalized spacial score (nSPS) is 14.4. The van der Waals surface area contributed by atoms with Crippen molar-refractivity contribution in [2.24, 2.45) is 0 Å². The minimum Gasteiger partial charge on any atom is -0.484 e. The summed E-state index contributed by atoms with van der Waals surface area (Å²) in [5, 5.41) is 3.46. The first-order valence-corrected chi connectivity index (χ1v) is 12.5. The highest BCUT2D eigenvalue weighted by atomic mass is 16.5. The smallest absolute Gasteiger partial charge is 0.258 e. The number of benzene rings is 3. The Labute approximate surface area is 215 Å². The van der Waals surface area contributed by atoms with E-state index >= 15 is 0 Å². The lowest BCUT2D eigenvalue weighted by Gasteiger charge is -2.32. The van der Waals surface area contributed by atoms with Crippen molar-refractivity contribution in [1.82, 2.24) is 10.2 Å². The van der Waals surface area contributed by atoms with Gasteiger partial charge >= 0.3 is 0 Å². The fourth-order valence-electron chi connectivity index (χ4n) is 4.58. The number of carbonyl (C=O) groups is 1. The predicted octanol–water partition coefficient (Wildman–Crippen LogP) is 5.05. The van der Waals surface area contributed by atoms with Gasteiger partial charge in [0, 0.05) is 31.7 Å². The second-order valence-corrected chi connectivity index (χ2v) is 9.28. The lowest BCUT2D eigenvalue weighted by atomic mass is 10.0. The van der Waals surface area contributed by atoms with Gasteiger partial charge in [0.15, 0.2) is 6.61 Å². The number of aryl methyl sites for hydroxylation is 1. The molecule has 1 amide bonds. The molecule has 37 heavy (non-hydrogen) atoms. The molecule has 7 nitrogen and oxygen atoms in total. The first-order valence-electron chi connectivity index (χ1n) is 12.5. The molecular weight excluding hydrogens is 468 g/mol. The van der Waals surface area contributed by atoms with Gasteiger partial charge in [0.1, 0.15) is 22.8 Å². The van der Waals surface area contributed by atoms with E-state index in [1.807, 2.05) is 24.3 Å². The summed E-state index contributed by atoms with van der Waals surface area (Å²) in [6.45, 7) is 4.40. The fraction of sp³-hybridized carbons (Fsp3) is 0.267. The van der Waals surface area contributed by atoms with Crippen LogP contribution in [-0.4, -0.2) is 36.5 Å². The van der Waals surface area contributed by atoms with Crippen LogP contribution in [0, 0.1) is 6.92 Å². The van der Waals surface area contributed by atoms with Gasteiger partial charge in [-0.2, -0.15) is 0 Å². The highest BCUT2D eigenvalue weighted by Gasteiger charge is 2.21. The SMILES string of the molecule is Cc1oc2cc(OCC(=O)NC3CCN(Cc4ccccc4)CC3)ccc2c(=O)c1Oc1ccccc1. The molecule has 0 aliphatic carbocycles. The third kappa shape index (κ3) is 6.19. The Balaban J connectivity index is 1.14. The number of hydrogen-bond donors (Lipinski definition) is 1. The average Bonchev–Trinajstić information content (AvgIpc) is 2.92. The summed E-state index contributed by atoms with van der Waals surface area (Å²) in [6, 6.07) is 24.6. The predicted molar refractivity (Wildman–Crippen MR) is 142 cm³/mol. The van der Waals surface area contributed by atoms with Crippen molar-refractivity contribution in [2.75, 3.05) is 19.7 Å². The summed E-state index contributed by atoms with van der Waals surface area (Å²) in [5.74, 6) is 1.38. The molecule has 1 fully saturated rings. The summed E-state index contributed by atoms with van der Waals surface area (Å²) in [7, 11) is 0. The van der Waals surface area contributed by atoms with Crippen LogP contribution in [0.25, 0.3) is 11.0 Å². The van der Waals surface area contributed by atoms with E-state index in [4.69, 9.17) is 13.9 Å². The minimum absolute atomic E-state index is 0.103. The number of piperidine rings is 1. The molecule has 3 aromatic carbocycles. The van der Waals surface area contributed by atoms with Crippen LogP contribution in [0.3, 0.4) is 0 Å². The third-order valence-electron chi connectivity index (χ3n) is 6.52. The summed E-state index contributed by atoms with van der Waals surface area (Å²) < 4.78 is 17.3. The lowest BCUT2D eigenvalue weighted by Crippen LogP contribution is -2.45. The summed E-state index contributed by atoms with van der Waals surface area (Å²) in [5.41, 5.74) is 1.43. The zero-order valence-corrected chi connectivity index (χ0v) is 20.8. The van der Waals surface area contributed by atoms with Gasteiger partial charge in [0.2, 0.25) is 11.2 Å². The number of para-hydroxylation sites is 1. The molecule has 1 N–H and O–H groups in total. The van der Waals surface area contributed by atoms with Crippen molar-refractivity contribution >= 4 is 16.9 Å². The molecule has 0 saturated carbocycles. The molecule has 0 unspecified atom stereocenters. The zero-order chi connectivity index (χ0) is 25.6. The largest absolute Gasteiger partial charge is 0.484 e. The van der Waals surface area contributed by atoms with E-state index in [0.717, 1.165) is 32.5 Å². The van der Waals surface area contributed by atoms with E-state index in [2.05, 4.69) is 34.5 Å². The van der Waals surface area contributed by atoms with Crippen LogP contribution in [0.1, 0.15) is 24.2 Å². The maximum absolute atomic E-state index is 13.0. The van der Waals surface area contributed by atoms with Gasteiger partial charge < -0.3 is 19.2 Å². The summed E-state index contributed by atoms with van der Waals surface area (Å²) in [6.07, 6.45) is 1.82. The molecular formula is C30H30N2O5. The fourth-order valence-corrected chi connectivity index (χ4v) is 4.58. The first kappa shape index (κ1) is 24.6. The van der Waals surface area contributed by atoms with Crippen LogP contribution in [0.15, 0.2) is 88.1 Å². The average molecular weight is 499 g/mol. The second-order valence-electron chi connectivity index (χ2n) is 9.28. The molecule has 1 aliphatic rings. The van der Waals surface area contributed by atoms with Gasteiger partial charge in [-0.1, -0.05) is 48.5 Å². The van der Waals surface area contributed by atoms with E-state index in [1.165, 1.54) is 5.56 Å². The van der Waals surface area contributed by atoms with Crippen molar-refractivity contribution in [1.29, 1.82) is 0 Å². The molecule has 7 heteroatoms. The third-order valence-corrected chi connectivity index (χ3v) is 6.52. The zero-order valence-electron chi connectivity index (χ0n) is 20.8. The van der Waals surface area contributed by atoms with Crippen LogP contribution in [0.4, 0.5) is 0 Å². The standard InChI is InChI=1S/C30H30N2O5/c1-21-30(37-24-10-6-3-7-11-24)29(34)26-13-12-25(18-27(26)36-21)35-20-28(33)31-23-14-16-32(17-15-23)19-22-8-4-2-5-9-22/h2-13,18,23H,14-17,19-20H2,1H3,(H,31,33). The summed E-state index contributed by atoms with van der Waals surface area (Å²) in [4.78, 5) is 27.9. The topological polar surface area (TPSA) is 81.0 Å². The number of hydrogen-bond acceptors (Lipinski definition) is 6. The van der Waals surface area contributed by atoms with Crippen molar-refractivity contribution < 1.29 is 18.7 Å². The molecule has 0 atom stereocenters. The molecule has 2 heterocycles. The molecule has 0 bridgehead atoms. The van der Waals surface area contributed by atoms with Gasteiger partial charge in [-0.05, 0) is 49.6 Å². The van der Waals surface area contributed by atoms with Gasteiger partial charge in [-0.3, -0.25) is 14.5 Å². The molecule has 1 saturated heterocycles. The highest BCUT2D eigenvalue weighted by molar-refractivity contribution is 5.80. The van der Waals surface area contributed by atoms with Gasteiger partial charge in [0.25, 0.3) is 5.91 Å². The quantitative estimate of drug-likeness (QED) is 0.366. The monoisotopic (exact) mass is 498 g/mol. The lowest BCUT2D eigenvalue weighted by molar-refractivity contribution is -0.124. The van der Waals surface area contributed by atoms with E-state index in [0.29, 0.717) is 28.2 Å². The van der Waals surface area contributed by atoms with Crippen molar-refractivity contribution in [3.8, 4) is 17.2 Å². The number of fused-ring (bicyclic) bond motifs is 1.